The fourth-order valence-corrected chi connectivity index (χ4v) is 2.34. The van der Waals surface area contributed by atoms with E-state index >= 15 is 0 Å². The molecule has 1 atom stereocenters. The summed E-state index contributed by atoms with van der Waals surface area (Å²) in [6.45, 7) is 4.37. The maximum absolute atomic E-state index is 12.3. The molecule has 1 aliphatic rings. The number of aliphatic hydroxyl groups is 1. The van der Waals surface area contributed by atoms with Crippen LogP contribution in [0.1, 0.15) is 24.4 Å². The Morgan fingerprint density at radius 2 is 2.15 bits per heavy atom. The van der Waals surface area contributed by atoms with Gasteiger partial charge in [-0.25, -0.2) is 4.79 Å². The van der Waals surface area contributed by atoms with E-state index in [1.807, 2.05) is 30.3 Å². The molecule has 4 heteroatoms. The Balaban J connectivity index is 2.04. The van der Waals surface area contributed by atoms with Crippen LogP contribution in [0.2, 0.25) is 0 Å². The van der Waals surface area contributed by atoms with E-state index in [1.54, 1.807) is 11.0 Å². The molecule has 1 aromatic rings. The molecule has 1 unspecified atom stereocenters. The average molecular weight is 274 g/mol. The molecule has 2 N–H and O–H groups in total. The number of hydrogen-bond acceptors (Lipinski definition) is 2. The lowest BCUT2D eigenvalue weighted by Gasteiger charge is -2.25. The van der Waals surface area contributed by atoms with Crippen LogP contribution in [-0.4, -0.2) is 35.7 Å². The Labute approximate surface area is 120 Å². The summed E-state index contributed by atoms with van der Waals surface area (Å²) in [7, 11) is 0. The molecule has 1 saturated carbocycles. The highest BCUT2D eigenvalue weighted by Crippen LogP contribution is 2.40. The van der Waals surface area contributed by atoms with Gasteiger partial charge in [0.2, 0.25) is 0 Å². The van der Waals surface area contributed by atoms with Crippen LogP contribution in [0.3, 0.4) is 0 Å². The lowest BCUT2D eigenvalue weighted by molar-refractivity contribution is 0.179. The van der Waals surface area contributed by atoms with Gasteiger partial charge in [0.1, 0.15) is 0 Å². The maximum atomic E-state index is 12.3. The number of carbonyl (C=O) groups is 1. The molecule has 0 spiro atoms. The molecule has 0 radical (unpaired) electrons. The molecule has 20 heavy (non-hydrogen) atoms. The molecule has 1 fully saturated rings. The Kier molecular flexibility index (Phi) is 5.18. The van der Waals surface area contributed by atoms with Crippen LogP contribution in [0, 0.1) is 5.92 Å². The summed E-state index contributed by atoms with van der Waals surface area (Å²) in [5.74, 6) is 0.529. The Morgan fingerprint density at radius 3 is 2.70 bits per heavy atom. The van der Waals surface area contributed by atoms with Crippen molar-refractivity contribution in [2.24, 2.45) is 5.92 Å². The second-order valence-electron chi connectivity index (χ2n) is 5.13. The monoisotopic (exact) mass is 274 g/mol. The first-order chi connectivity index (χ1) is 9.76. The van der Waals surface area contributed by atoms with Crippen LogP contribution in [0.15, 0.2) is 43.0 Å². The molecule has 1 aliphatic carbocycles. The zero-order valence-corrected chi connectivity index (χ0v) is 11.7. The van der Waals surface area contributed by atoms with Crippen molar-refractivity contribution in [3.8, 4) is 0 Å². The first kappa shape index (κ1) is 14.6. The molecule has 1 aromatic carbocycles. The Morgan fingerprint density at radius 1 is 1.45 bits per heavy atom. The minimum absolute atomic E-state index is 0.0410. The number of urea groups is 1. The quantitative estimate of drug-likeness (QED) is 0.750. The molecule has 2 amide bonds. The molecular weight excluding hydrogens is 252 g/mol. The lowest BCUT2D eigenvalue weighted by atomic mass is 10.0. The molecule has 0 heterocycles. The van der Waals surface area contributed by atoms with E-state index in [0.29, 0.717) is 19.0 Å². The van der Waals surface area contributed by atoms with Crippen LogP contribution in [0.4, 0.5) is 4.79 Å². The van der Waals surface area contributed by atoms with E-state index in [9.17, 15) is 4.79 Å². The van der Waals surface area contributed by atoms with Gasteiger partial charge >= 0.3 is 6.03 Å². The molecule has 0 saturated heterocycles. The molecule has 0 aromatic heterocycles. The molecule has 4 nitrogen and oxygen atoms in total. The second-order valence-corrected chi connectivity index (χ2v) is 5.13. The highest BCUT2D eigenvalue weighted by molar-refractivity contribution is 5.75. The number of hydrogen-bond donors (Lipinski definition) is 2. The predicted octanol–water partition coefficient (Wildman–Crippen LogP) is 2.33. The minimum atomic E-state index is -0.139. The zero-order chi connectivity index (χ0) is 14.4. The molecule has 2 rings (SSSR count). The highest BCUT2D eigenvalue weighted by atomic mass is 16.3. The van der Waals surface area contributed by atoms with Crippen LogP contribution in [0.5, 0.6) is 0 Å². The van der Waals surface area contributed by atoms with Gasteiger partial charge in [0.25, 0.3) is 0 Å². The largest absolute Gasteiger partial charge is 0.395 e. The number of carbonyl (C=O) groups excluding carboxylic acids is 1. The summed E-state index contributed by atoms with van der Waals surface area (Å²) in [6.07, 6.45) is 3.98. The average Bonchev–Trinajstić information content (AvgIpc) is 3.30. The van der Waals surface area contributed by atoms with Gasteiger partial charge in [-0.2, -0.15) is 0 Å². The van der Waals surface area contributed by atoms with Crippen molar-refractivity contribution in [2.45, 2.75) is 18.9 Å². The van der Waals surface area contributed by atoms with Crippen molar-refractivity contribution >= 4 is 6.03 Å². The number of nitrogens with one attached hydrogen (secondary N) is 1. The third-order valence-electron chi connectivity index (χ3n) is 3.54. The van der Waals surface area contributed by atoms with Gasteiger partial charge in [0, 0.05) is 13.1 Å². The number of amides is 2. The van der Waals surface area contributed by atoms with Crippen molar-refractivity contribution in [2.75, 3.05) is 19.7 Å². The summed E-state index contributed by atoms with van der Waals surface area (Å²) < 4.78 is 0. The summed E-state index contributed by atoms with van der Waals surface area (Å²) in [6, 6.07) is 9.98. The second kappa shape index (κ2) is 7.10. The van der Waals surface area contributed by atoms with Gasteiger partial charge in [-0.3, -0.25) is 0 Å². The lowest BCUT2D eigenvalue weighted by Crippen LogP contribution is -2.43. The van der Waals surface area contributed by atoms with E-state index < -0.39 is 0 Å². The first-order valence-electron chi connectivity index (χ1n) is 7.08. The third kappa shape index (κ3) is 3.84. The van der Waals surface area contributed by atoms with Crippen molar-refractivity contribution in [3.05, 3.63) is 48.6 Å². The summed E-state index contributed by atoms with van der Waals surface area (Å²) in [4.78, 5) is 13.9. The minimum Gasteiger partial charge on any atom is -0.395 e. The maximum Gasteiger partial charge on any atom is 0.318 e. The van der Waals surface area contributed by atoms with E-state index in [-0.39, 0.29) is 18.7 Å². The van der Waals surface area contributed by atoms with Gasteiger partial charge in [-0.1, -0.05) is 36.4 Å². The van der Waals surface area contributed by atoms with E-state index in [0.717, 1.165) is 18.4 Å². The van der Waals surface area contributed by atoms with E-state index in [2.05, 4.69) is 11.9 Å². The van der Waals surface area contributed by atoms with Crippen LogP contribution in [-0.2, 0) is 0 Å². The summed E-state index contributed by atoms with van der Waals surface area (Å²) in [5, 5.41) is 12.1. The van der Waals surface area contributed by atoms with Gasteiger partial charge in [0.15, 0.2) is 0 Å². The van der Waals surface area contributed by atoms with Gasteiger partial charge in [0.05, 0.1) is 12.6 Å². The fourth-order valence-electron chi connectivity index (χ4n) is 2.34. The van der Waals surface area contributed by atoms with Crippen molar-refractivity contribution in [1.29, 1.82) is 0 Å². The number of aliphatic hydroxyl groups excluding tert-OH is 1. The number of rotatable bonds is 7. The van der Waals surface area contributed by atoms with Crippen LogP contribution in [0.25, 0.3) is 0 Å². The van der Waals surface area contributed by atoms with E-state index in [4.69, 9.17) is 5.11 Å². The summed E-state index contributed by atoms with van der Waals surface area (Å²) >= 11 is 0. The van der Waals surface area contributed by atoms with Gasteiger partial charge in [-0.15, -0.1) is 6.58 Å². The standard InChI is InChI=1S/C16H22N2O2/c1-2-10-18(11-12-19)16(20)17-15(14-8-9-14)13-6-4-3-5-7-13/h2-7,14-15,19H,1,8-12H2,(H,17,20). The Hall–Kier alpha value is -1.81. The van der Waals surface area contributed by atoms with Gasteiger partial charge < -0.3 is 15.3 Å². The van der Waals surface area contributed by atoms with Crippen LogP contribution < -0.4 is 5.32 Å². The first-order valence-corrected chi connectivity index (χ1v) is 7.08. The number of nitrogens with zero attached hydrogens (tertiary/aromatic N) is 1. The van der Waals surface area contributed by atoms with Crippen molar-refractivity contribution < 1.29 is 9.90 Å². The molecular formula is C16H22N2O2. The normalized spacial score (nSPS) is 15.4. The van der Waals surface area contributed by atoms with E-state index in [1.165, 1.54) is 0 Å². The molecule has 108 valence electrons. The fraction of sp³-hybridized carbons (Fsp3) is 0.438. The highest BCUT2D eigenvalue weighted by Gasteiger charge is 2.34. The SMILES string of the molecule is C=CCN(CCO)C(=O)NC(c1ccccc1)C1CC1. The third-order valence-corrected chi connectivity index (χ3v) is 3.54. The van der Waals surface area contributed by atoms with Crippen molar-refractivity contribution in [3.63, 3.8) is 0 Å². The van der Waals surface area contributed by atoms with Crippen LogP contribution >= 0.6 is 0 Å². The summed E-state index contributed by atoms with van der Waals surface area (Å²) in [5.41, 5.74) is 1.14. The predicted molar refractivity (Wildman–Crippen MR) is 79.3 cm³/mol. The molecule has 0 aliphatic heterocycles. The topological polar surface area (TPSA) is 52.6 Å². The number of benzene rings is 1. The van der Waals surface area contributed by atoms with Gasteiger partial charge in [-0.05, 0) is 24.3 Å². The Bertz CT molecular complexity index is 443. The molecule has 0 bridgehead atoms. The zero-order valence-electron chi connectivity index (χ0n) is 11.7. The van der Waals surface area contributed by atoms with Crippen molar-refractivity contribution in [1.82, 2.24) is 10.2 Å². The smallest absolute Gasteiger partial charge is 0.318 e.